The van der Waals surface area contributed by atoms with E-state index < -0.39 is 0 Å². The van der Waals surface area contributed by atoms with Gasteiger partial charge in [-0.2, -0.15) is 9.78 Å². The molecule has 0 spiro atoms. The molecule has 0 atom stereocenters. The van der Waals surface area contributed by atoms with Crippen LogP contribution in [0.1, 0.15) is 5.56 Å². The molecule has 0 aliphatic rings. The van der Waals surface area contributed by atoms with Crippen LogP contribution in [0.15, 0.2) is 65.7 Å². The van der Waals surface area contributed by atoms with E-state index >= 15 is 0 Å². The van der Waals surface area contributed by atoms with Crippen LogP contribution in [0.3, 0.4) is 0 Å². The van der Waals surface area contributed by atoms with Gasteiger partial charge in [0.2, 0.25) is 0 Å². The first kappa shape index (κ1) is 16.8. The van der Waals surface area contributed by atoms with Crippen molar-refractivity contribution >= 4 is 16.5 Å². The summed E-state index contributed by atoms with van der Waals surface area (Å²) in [4.78, 5) is 17.0. The quantitative estimate of drug-likeness (QED) is 0.607. The molecule has 0 unspecified atom stereocenters. The van der Waals surface area contributed by atoms with Gasteiger partial charge in [0, 0.05) is 5.39 Å². The van der Waals surface area contributed by atoms with Crippen LogP contribution in [0, 0.1) is 6.92 Å². The topological polar surface area (TPSA) is 83.0 Å². The van der Waals surface area contributed by atoms with Crippen molar-refractivity contribution < 1.29 is 4.74 Å². The van der Waals surface area contributed by atoms with Crippen molar-refractivity contribution in [1.29, 1.82) is 0 Å². The molecule has 2 heterocycles. The number of methoxy groups -OCH3 is 1. The van der Waals surface area contributed by atoms with E-state index in [2.05, 4.69) is 10.1 Å². The lowest BCUT2D eigenvalue weighted by molar-refractivity contribution is 0.412. The second kappa shape index (κ2) is 6.57. The van der Waals surface area contributed by atoms with Crippen LogP contribution in [0.2, 0.25) is 0 Å². The van der Waals surface area contributed by atoms with Crippen molar-refractivity contribution in [2.45, 2.75) is 6.92 Å². The minimum absolute atomic E-state index is 0.223. The number of nitrogen functional groups attached to an aromatic ring is 1. The molecule has 27 heavy (non-hydrogen) atoms. The molecule has 0 bridgehead atoms. The SMILES string of the molecule is COc1cccc(-c2ccc3c(=O)n(-c4ccc(N)cn4)ncc3c2)c1C. The Kier molecular flexibility index (Phi) is 4.08. The molecule has 0 saturated heterocycles. The molecule has 4 aromatic rings. The van der Waals surface area contributed by atoms with Crippen LogP contribution in [-0.4, -0.2) is 21.9 Å². The second-order valence-electron chi connectivity index (χ2n) is 6.25. The summed E-state index contributed by atoms with van der Waals surface area (Å²) in [6, 6.07) is 15.0. The molecular weight excluding hydrogens is 340 g/mol. The molecule has 6 nitrogen and oxygen atoms in total. The van der Waals surface area contributed by atoms with Gasteiger partial charge in [0.1, 0.15) is 5.75 Å². The maximum Gasteiger partial charge on any atom is 0.280 e. The first-order chi connectivity index (χ1) is 13.1. The molecular formula is C21H18N4O2. The van der Waals surface area contributed by atoms with Gasteiger partial charge in [0.05, 0.1) is 30.6 Å². The van der Waals surface area contributed by atoms with Gasteiger partial charge >= 0.3 is 0 Å². The molecule has 4 rings (SSSR count). The Morgan fingerprint density at radius 1 is 1.07 bits per heavy atom. The zero-order chi connectivity index (χ0) is 19.0. The van der Waals surface area contributed by atoms with E-state index in [-0.39, 0.29) is 5.56 Å². The summed E-state index contributed by atoms with van der Waals surface area (Å²) in [5.74, 6) is 1.26. The van der Waals surface area contributed by atoms with E-state index in [1.54, 1.807) is 25.4 Å². The predicted molar refractivity (Wildman–Crippen MR) is 106 cm³/mol. The molecule has 0 radical (unpaired) electrons. The Bertz CT molecular complexity index is 1200. The predicted octanol–water partition coefficient (Wildman–Crippen LogP) is 3.35. The van der Waals surface area contributed by atoms with Crippen molar-refractivity contribution in [2.75, 3.05) is 12.8 Å². The lowest BCUT2D eigenvalue weighted by atomic mass is 9.98. The van der Waals surface area contributed by atoms with Gasteiger partial charge in [-0.3, -0.25) is 4.79 Å². The highest BCUT2D eigenvalue weighted by atomic mass is 16.5. The number of aromatic nitrogens is 3. The number of ether oxygens (including phenoxy) is 1. The number of hydrogen-bond acceptors (Lipinski definition) is 5. The lowest BCUT2D eigenvalue weighted by Gasteiger charge is -2.11. The first-order valence-electron chi connectivity index (χ1n) is 8.46. The average molecular weight is 358 g/mol. The Labute approximate surface area is 155 Å². The van der Waals surface area contributed by atoms with E-state index in [1.807, 2.05) is 43.3 Å². The molecule has 0 amide bonds. The standard InChI is InChI=1S/C21H18N4O2/c1-13-17(4-3-5-19(13)27-2)14-6-8-18-15(10-14)11-24-25(21(18)26)20-9-7-16(22)12-23-20/h3-12H,22H2,1-2H3. The molecule has 0 saturated carbocycles. The molecule has 6 heteroatoms. The highest BCUT2D eigenvalue weighted by Crippen LogP contribution is 2.31. The molecule has 0 fully saturated rings. The summed E-state index contributed by atoms with van der Waals surface area (Å²) >= 11 is 0. The Hall–Kier alpha value is -3.67. The van der Waals surface area contributed by atoms with Gasteiger partial charge in [0.15, 0.2) is 5.82 Å². The van der Waals surface area contributed by atoms with Gasteiger partial charge in [0.25, 0.3) is 5.56 Å². The number of rotatable bonds is 3. The third-order valence-electron chi connectivity index (χ3n) is 4.59. The van der Waals surface area contributed by atoms with Crippen molar-refractivity contribution in [1.82, 2.24) is 14.8 Å². The summed E-state index contributed by atoms with van der Waals surface area (Å²) in [6.07, 6.45) is 3.18. The molecule has 2 N–H and O–H groups in total. The largest absolute Gasteiger partial charge is 0.496 e. The fourth-order valence-corrected chi connectivity index (χ4v) is 3.15. The number of benzene rings is 2. The Morgan fingerprint density at radius 2 is 1.93 bits per heavy atom. The third kappa shape index (κ3) is 2.91. The maximum absolute atomic E-state index is 12.8. The summed E-state index contributed by atoms with van der Waals surface area (Å²) in [7, 11) is 1.66. The second-order valence-corrected chi connectivity index (χ2v) is 6.25. The van der Waals surface area contributed by atoms with Crippen molar-refractivity contribution in [2.24, 2.45) is 0 Å². The van der Waals surface area contributed by atoms with E-state index in [0.717, 1.165) is 27.8 Å². The summed E-state index contributed by atoms with van der Waals surface area (Å²) in [5, 5.41) is 5.62. The Morgan fingerprint density at radius 3 is 2.67 bits per heavy atom. The van der Waals surface area contributed by atoms with Crippen LogP contribution in [0.5, 0.6) is 5.75 Å². The highest BCUT2D eigenvalue weighted by Gasteiger charge is 2.11. The number of hydrogen-bond donors (Lipinski definition) is 1. The third-order valence-corrected chi connectivity index (χ3v) is 4.59. The molecule has 2 aromatic heterocycles. The number of pyridine rings is 1. The van der Waals surface area contributed by atoms with Gasteiger partial charge < -0.3 is 10.5 Å². The lowest BCUT2D eigenvalue weighted by Crippen LogP contribution is -2.21. The number of anilines is 1. The molecule has 134 valence electrons. The minimum atomic E-state index is -0.223. The van der Waals surface area contributed by atoms with Crippen LogP contribution in [-0.2, 0) is 0 Å². The smallest absolute Gasteiger partial charge is 0.280 e. The number of nitrogens with two attached hydrogens (primary N) is 1. The summed E-state index contributed by atoms with van der Waals surface area (Å²) in [5.41, 5.74) is 9.08. The highest BCUT2D eigenvalue weighted by molar-refractivity contribution is 5.87. The van der Waals surface area contributed by atoms with Crippen molar-refractivity contribution in [3.05, 3.63) is 76.8 Å². The minimum Gasteiger partial charge on any atom is -0.496 e. The summed E-state index contributed by atoms with van der Waals surface area (Å²) < 4.78 is 6.68. The normalized spacial score (nSPS) is 10.9. The van der Waals surface area contributed by atoms with Gasteiger partial charge in [-0.25, -0.2) is 4.98 Å². The summed E-state index contributed by atoms with van der Waals surface area (Å²) in [6.45, 7) is 2.02. The zero-order valence-corrected chi connectivity index (χ0v) is 15.0. The Balaban J connectivity index is 1.84. The van der Waals surface area contributed by atoms with Crippen molar-refractivity contribution in [3.63, 3.8) is 0 Å². The number of fused-ring (bicyclic) bond motifs is 1. The van der Waals surface area contributed by atoms with E-state index in [0.29, 0.717) is 16.9 Å². The van der Waals surface area contributed by atoms with E-state index in [4.69, 9.17) is 10.5 Å². The fourth-order valence-electron chi connectivity index (χ4n) is 3.15. The fraction of sp³-hybridized carbons (Fsp3) is 0.0952. The van der Waals surface area contributed by atoms with Gasteiger partial charge in [-0.1, -0.05) is 18.2 Å². The van der Waals surface area contributed by atoms with E-state index in [1.165, 1.54) is 10.9 Å². The average Bonchev–Trinajstić information content (AvgIpc) is 2.69. The van der Waals surface area contributed by atoms with Crippen molar-refractivity contribution in [3.8, 4) is 22.7 Å². The van der Waals surface area contributed by atoms with Crippen LogP contribution >= 0.6 is 0 Å². The number of nitrogens with zero attached hydrogens (tertiary/aromatic N) is 3. The van der Waals surface area contributed by atoms with Crippen LogP contribution in [0.25, 0.3) is 27.7 Å². The zero-order valence-electron chi connectivity index (χ0n) is 15.0. The van der Waals surface area contributed by atoms with Gasteiger partial charge in [-0.05, 0) is 53.9 Å². The van der Waals surface area contributed by atoms with Crippen LogP contribution < -0.4 is 16.0 Å². The van der Waals surface area contributed by atoms with E-state index in [9.17, 15) is 4.79 Å². The maximum atomic E-state index is 12.8. The molecule has 2 aromatic carbocycles. The monoisotopic (exact) mass is 358 g/mol. The van der Waals surface area contributed by atoms with Gasteiger partial charge in [-0.15, -0.1) is 0 Å². The first-order valence-corrected chi connectivity index (χ1v) is 8.46. The molecule has 0 aliphatic carbocycles. The van der Waals surface area contributed by atoms with Crippen LogP contribution in [0.4, 0.5) is 5.69 Å². The molecule has 0 aliphatic heterocycles.